The van der Waals surface area contributed by atoms with Crippen molar-refractivity contribution in [3.8, 4) is 0 Å². The lowest BCUT2D eigenvalue weighted by molar-refractivity contribution is -0.669. The molecular weight excluding hydrogens is 1130 g/mol. The van der Waals surface area contributed by atoms with Gasteiger partial charge in [-0.15, -0.1) is 14.7 Å². The van der Waals surface area contributed by atoms with Gasteiger partial charge in [0.15, 0.2) is 0 Å². The number of benzene rings is 6. The van der Waals surface area contributed by atoms with Crippen LogP contribution in [0.15, 0.2) is 146 Å². The lowest BCUT2D eigenvalue weighted by Gasteiger charge is -2.56. The Labute approximate surface area is 462 Å². The van der Waals surface area contributed by atoms with Crippen LogP contribution in [0, 0.1) is 0 Å². The minimum atomic E-state index is -5.69. The van der Waals surface area contributed by atoms with Gasteiger partial charge in [0.05, 0.1) is 66.8 Å². The molecule has 4 atom stereocenters. The normalized spacial score (nSPS) is 25.2. The van der Waals surface area contributed by atoms with Crippen LogP contribution in [-0.2, 0) is 77.0 Å². The van der Waals surface area contributed by atoms with Crippen molar-refractivity contribution in [2.24, 2.45) is 0 Å². The molecule has 4 spiro atoms. The quantitative estimate of drug-likeness (QED) is 0.136. The predicted molar refractivity (Wildman–Crippen MR) is 249 cm³/mol. The van der Waals surface area contributed by atoms with Gasteiger partial charge in [0.25, 0.3) is 0 Å². The van der Waals surface area contributed by atoms with Crippen molar-refractivity contribution in [3.63, 3.8) is 0 Å². The van der Waals surface area contributed by atoms with E-state index in [1.807, 2.05) is 0 Å². The number of carbonyl (C=O) groups is 12. The summed E-state index contributed by atoms with van der Waals surface area (Å²) in [4.78, 5) is 222. The van der Waals surface area contributed by atoms with E-state index >= 15 is 19.2 Å². The molecule has 0 aromatic heterocycles. The molecule has 0 saturated carbocycles. The number of ether oxygens (including phenoxy) is 8. The van der Waals surface area contributed by atoms with Crippen molar-refractivity contribution in [3.05, 3.63) is 212 Å². The Hall–Kier alpha value is -11.3. The molecule has 6 aliphatic rings. The first-order valence-corrected chi connectivity index (χ1v) is 23.7. The molecule has 0 amide bonds. The zero-order valence-corrected chi connectivity index (χ0v) is 41.2. The highest BCUT2D eigenvalue weighted by Crippen LogP contribution is 2.61. The fraction of sp³-hybridized carbons (Fsp3) is 0.111. The Bertz CT molecular complexity index is 3920. The van der Waals surface area contributed by atoms with Gasteiger partial charge >= 0.3 is 107 Å². The van der Waals surface area contributed by atoms with Crippen LogP contribution in [0.1, 0.15) is 124 Å². The molecule has 0 aliphatic carbocycles. The molecule has 0 saturated heterocycles. The smallest absolute Gasteiger partial charge is 0.413 e. The van der Waals surface area contributed by atoms with Crippen LogP contribution in [0.2, 0.25) is 0 Å². The standard InChI is InChI=1S/C54H26O30/c55-37-25-13-1-2-14-26(25)38(56)70-50(49(67,69-37)53(68)73-41(59)29-17-5-6-18-30(29)42(60)74-53)51(82-78-46(64)34-22-10-9-21-33(34)45(63)77-81-50)52(72-40(58)28-16-4-3-15-27(28)39(57)71-51)54(75-43(61)31-19-7-8-20-32(31)44(62)76-54)84-80-48(66)36-24-12-11-23-35(36)47(65)79-83-52/h1-24,67-68H/t49-,50-,51-,52-/m1/s1. The molecule has 6 aromatic carbocycles. The topological polar surface area (TPSA) is 393 Å². The summed E-state index contributed by atoms with van der Waals surface area (Å²) in [5.74, 6) is -58.0. The van der Waals surface area contributed by atoms with Crippen molar-refractivity contribution < 1.29 is 145 Å². The Morgan fingerprint density at radius 2 is 0.440 bits per heavy atom. The second-order valence-electron chi connectivity index (χ2n) is 17.8. The number of fused-ring (bicyclic) bond motifs is 9. The van der Waals surface area contributed by atoms with E-state index in [0.29, 0.717) is 0 Å². The maximum atomic E-state index is 15.6. The van der Waals surface area contributed by atoms with E-state index in [4.69, 9.17) is 77.0 Å². The van der Waals surface area contributed by atoms with Crippen LogP contribution in [0.4, 0.5) is 0 Å². The van der Waals surface area contributed by atoms with Gasteiger partial charge in [0.2, 0.25) is 0 Å². The predicted octanol–water partition coefficient (Wildman–Crippen LogP) is 2.95. The zero-order chi connectivity index (χ0) is 59.1. The third-order valence-corrected chi connectivity index (χ3v) is 13.1. The number of hydrogen-bond donors (Lipinski definition) is 2. The van der Waals surface area contributed by atoms with Crippen molar-refractivity contribution in [1.82, 2.24) is 0 Å². The molecule has 2 N–H and O–H groups in total. The Kier molecular flexibility index (Phi) is 12.2. The summed E-state index contributed by atoms with van der Waals surface area (Å²) < 4.78 is 45.2. The first kappa shape index (κ1) is 53.4. The summed E-state index contributed by atoms with van der Waals surface area (Å²) >= 11 is 0. The van der Waals surface area contributed by atoms with Crippen LogP contribution in [-0.4, -0.2) is 117 Å². The van der Waals surface area contributed by atoms with Gasteiger partial charge in [-0.1, -0.05) is 77.7 Å². The summed E-state index contributed by atoms with van der Waals surface area (Å²) in [5.41, 5.74) is -11.7. The second kappa shape index (κ2) is 19.2. The number of aliphatic hydroxyl groups is 2. The number of rotatable bonds is 1. The van der Waals surface area contributed by atoms with E-state index in [1.165, 1.54) is 0 Å². The van der Waals surface area contributed by atoms with E-state index in [1.54, 1.807) is 0 Å². The molecule has 6 aliphatic heterocycles. The van der Waals surface area contributed by atoms with Crippen LogP contribution in [0.5, 0.6) is 0 Å². The Balaban J connectivity index is 1.29. The Morgan fingerprint density at radius 1 is 0.226 bits per heavy atom. The van der Waals surface area contributed by atoms with Gasteiger partial charge in [-0.25, -0.2) is 57.5 Å². The highest BCUT2D eigenvalue weighted by Gasteiger charge is 3.00. The first-order chi connectivity index (χ1) is 40.2. The van der Waals surface area contributed by atoms with Gasteiger partial charge in [-0.05, 0) is 72.8 Å². The van der Waals surface area contributed by atoms with Crippen molar-refractivity contribution >= 4 is 71.6 Å². The molecule has 30 nitrogen and oxygen atoms in total. The van der Waals surface area contributed by atoms with E-state index in [0.717, 1.165) is 146 Å². The minimum absolute atomic E-state index is 0.731. The van der Waals surface area contributed by atoms with Crippen LogP contribution < -0.4 is 0 Å². The lowest BCUT2D eigenvalue weighted by Crippen LogP contribution is -2.90. The van der Waals surface area contributed by atoms with E-state index in [2.05, 4.69) is 0 Å². The average Bonchev–Trinajstić information content (AvgIpc) is 1.02. The molecule has 84 heavy (non-hydrogen) atoms. The van der Waals surface area contributed by atoms with Crippen molar-refractivity contribution in [2.45, 2.75) is 35.1 Å². The van der Waals surface area contributed by atoms with Crippen LogP contribution in [0.3, 0.4) is 0 Å². The number of cyclic esters (lactones) is 3. The average molecular weight is 1150 g/mol. The minimum Gasteiger partial charge on any atom is -0.413 e. The number of hydrogen-bond acceptors (Lipinski definition) is 30. The molecule has 0 bridgehead atoms. The van der Waals surface area contributed by atoms with E-state index < -0.39 is 173 Å². The Morgan fingerprint density at radius 3 is 0.762 bits per heavy atom. The monoisotopic (exact) mass is 1150 g/mol. The number of esters is 8. The molecule has 0 fully saturated rings. The zero-order valence-electron chi connectivity index (χ0n) is 41.2. The summed E-state index contributed by atoms with van der Waals surface area (Å²) in [6.07, 6.45) is 0. The van der Waals surface area contributed by atoms with Gasteiger partial charge in [0, 0.05) is 0 Å². The van der Waals surface area contributed by atoms with Gasteiger partial charge in [-0.3, -0.25) is 19.6 Å². The molecule has 422 valence electrons. The highest BCUT2D eigenvalue weighted by atomic mass is 17.3. The summed E-state index contributed by atoms with van der Waals surface area (Å²) in [6, 6.07) is 22.6. The van der Waals surface area contributed by atoms with E-state index in [9.17, 15) is 48.6 Å². The lowest BCUT2D eigenvalue weighted by atomic mass is 9.83. The molecule has 12 rings (SSSR count). The fourth-order valence-corrected chi connectivity index (χ4v) is 9.22. The third kappa shape index (κ3) is 7.67. The van der Waals surface area contributed by atoms with Gasteiger partial charge < -0.3 is 48.1 Å². The largest absolute Gasteiger partial charge is 0.493 e. The van der Waals surface area contributed by atoms with Crippen LogP contribution in [0.25, 0.3) is 0 Å². The SMILES string of the molecule is O=C1OOC2(OC(=O)c3ccccc3C(=O)O2)[C@@]2(OOC(=O)c3ccccc31)OC(=O)c1ccccc1C(=O)O[C@]21OOC(=O)c2ccccc2C(=O)OO[C@@]12OC(=O)c1ccccc1C(=O)O[C@@]2(O)C1(O)OC(=O)c2ccccc2C(=O)O1. The molecule has 6 heterocycles. The van der Waals surface area contributed by atoms with Gasteiger partial charge in [-0.2, -0.15) is 0 Å². The molecular formula is C54H26O30. The van der Waals surface area contributed by atoms with Crippen molar-refractivity contribution in [2.75, 3.05) is 0 Å². The maximum absolute atomic E-state index is 15.6. The van der Waals surface area contributed by atoms with E-state index in [-0.39, 0.29) is 0 Å². The molecule has 0 radical (unpaired) electrons. The van der Waals surface area contributed by atoms with Gasteiger partial charge in [0.1, 0.15) is 0 Å². The summed E-state index contributed by atoms with van der Waals surface area (Å²) in [7, 11) is 0. The fourth-order valence-electron chi connectivity index (χ4n) is 9.22. The first-order valence-electron chi connectivity index (χ1n) is 23.7. The molecule has 6 aromatic rings. The summed E-state index contributed by atoms with van der Waals surface area (Å²) in [5, 5.41) is 27.3. The second-order valence-corrected chi connectivity index (χ2v) is 17.8. The molecule has 0 unspecified atom stereocenters. The maximum Gasteiger partial charge on any atom is 0.493 e. The van der Waals surface area contributed by atoms with Crippen LogP contribution >= 0.6 is 0 Å². The summed E-state index contributed by atoms with van der Waals surface area (Å²) in [6.45, 7) is 0. The number of carbonyl (C=O) groups excluding carboxylic acids is 12. The third-order valence-electron chi connectivity index (χ3n) is 13.1. The highest BCUT2D eigenvalue weighted by molar-refractivity contribution is 6.08. The van der Waals surface area contributed by atoms with Crippen molar-refractivity contribution in [1.29, 1.82) is 0 Å². The molecule has 30 heteroatoms.